The number of nitro benzene ring substituents is 1. The number of hydrogen-bond acceptors (Lipinski definition) is 8. The Kier molecular flexibility index (Phi) is 5.32. The number of hydrogen-bond donors (Lipinski definition) is 0. The minimum atomic E-state index is -1.38. The molecule has 0 N–H and O–H groups in total. The fraction of sp³-hybridized carbons (Fsp3) is 0.250. The second-order valence-electron chi connectivity index (χ2n) is 5.05. The molecule has 1 amide bonds. The van der Waals surface area contributed by atoms with Crippen LogP contribution < -0.4 is 11.3 Å². The van der Waals surface area contributed by atoms with Crippen LogP contribution in [-0.2, 0) is 4.79 Å². The van der Waals surface area contributed by atoms with Gasteiger partial charge in [0, 0.05) is 19.2 Å². The lowest BCUT2D eigenvalue weighted by molar-refractivity contribution is -0.383. The number of fused-ring (bicyclic) bond motifs is 1. The van der Waals surface area contributed by atoms with Crippen molar-refractivity contribution in [3.8, 4) is 6.07 Å². The van der Waals surface area contributed by atoms with Gasteiger partial charge in [-0.05, 0) is 31.6 Å². The van der Waals surface area contributed by atoms with Crippen LogP contribution in [0.3, 0.4) is 0 Å². The third kappa shape index (κ3) is 3.51. The van der Waals surface area contributed by atoms with E-state index in [0.29, 0.717) is 13.1 Å². The van der Waals surface area contributed by atoms with E-state index in [4.69, 9.17) is 4.42 Å². The van der Waals surface area contributed by atoms with Crippen molar-refractivity contribution in [2.45, 2.75) is 13.8 Å². The molecule has 0 aliphatic rings. The molecule has 26 heavy (non-hydrogen) atoms. The molecular formula is C16H13N3O7. The van der Waals surface area contributed by atoms with E-state index in [1.54, 1.807) is 19.9 Å². The van der Waals surface area contributed by atoms with Gasteiger partial charge in [-0.15, -0.1) is 0 Å². The number of nitrogens with zero attached hydrogens (tertiary/aromatic N) is 3. The lowest BCUT2D eigenvalue weighted by Crippen LogP contribution is -2.31. The molecule has 0 radical (unpaired) electrons. The third-order valence-corrected chi connectivity index (χ3v) is 3.53. The van der Waals surface area contributed by atoms with Gasteiger partial charge < -0.3 is 13.7 Å². The van der Waals surface area contributed by atoms with Crippen LogP contribution >= 0.6 is 0 Å². The summed E-state index contributed by atoms with van der Waals surface area (Å²) in [5.41, 5.74) is -4.37. The highest BCUT2D eigenvalue weighted by atomic mass is 16.6. The van der Waals surface area contributed by atoms with Crippen LogP contribution in [0.4, 0.5) is 5.69 Å². The molecule has 10 heteroatoms. The first-order valence-corrected chi connectivity index (χ1v) is 7.49. The van der Waals surface area contributed by atoms with E-state index >= 15 is 0 Å². The Balaban J connectivity index is 2.70. The number of likely N-dealkylation sites (N-methyl/N-ethyl adjacent to an activating group) is 1. The predicted octanol–water partition coefficient (Wildman–Crippen LogP) is 1.43. The average molecular weight is 359 g/mol. The average Bonchev–Trinajstić information content (AvgIpc) is 2.61. The molecule has 1 aromatic carbocycles. The molecule has 0 saturated heterocycles. The van der Waals surface area contributed by atoms with E-state index < -0.39 is 33.4 Å². The molecule has 10 nitrogen and oxygen atoms in total. The summed E-state index contributed by atoms with van der Waals surface area (Å²) in [6.07, 6.45) is 1.14. The molecule has 0 saturated carbocycles. The maximum atomic E-state index is 12.3. The summed E-state index contributed by atoms with van der Waals surface area (Å²) in [6.45, 7) is 4.25. The number of benzene rings is 1. The molecule has 2 rings (SSSR count). The predicted molar refractivity (Wildman–Crippen MR) is 89.2 cm³/mol. The van der Waals surface area contributed by atoms with Crippen LogP contribution in [-0.4, -0.2) is 28.8 Å². The maximum absolute atomic E-state index is 12.3. The second kappa shape index (κ2) is 7.43. The number of amides is 1. The van der Waals surface area contributed by atoms with Crippen molar-refractivity contribution in [2.24, 2.45) is 0 Å². The van der Waals surface area contributed by atoms with Gasteiger partial charge in [-0.25, -0.2) is 9.59 Å². The summed E-state index contributed by atoms with van der Waals surface area (Å²) < 4.78 is 9.34. The summed E-state index contributed by atoms with van der Waals surface area (Å²) in [7, 11) is 0. The zero-order valence-corrected chi connectivity index (χ0v) is 13.8. The van der Waals surface area contributed by atoms with Crippen LogP contribution in [0.1, 0.15) is 19.4 Å². The van der Waals surface area contributed by atoms with Gasteiger partial charge in [0.2, 0.25) is 0 Å². The number of carbonyl (C=O) groups excluding carboxylic acids is 1. The number of nitriles is 1. The third-order valence-electron chi connectivity index (χ3n) is 3.53. The van der Waals surface area contributed by atoms with E-state index in [0.717, 1.165) is 12.1 Å². The smallest absolute Gasteiger partial charge is 0.414 e. The van der Waals surface area contributed by atoms with E-state index in [1.807, 2.05) is 0 Å². The molecule has 0 atom stereocenters. The van der Waals surface area contributed by atoms with Gasteiger partial charge in [0.25, 0.3) is 11.5 Å². The van der Waals surface area contributed by atoms with Crippen LogP contribution in [0.15, 0.2) is 36.1 Å². The number of non-ortho nitro benzene ring substituents is 1. The van der Waals surface area contributed by atoms with Crippen molar-refractivity contribution in [3.63, 3.8) is 0 Å². The molecule has 0 fully saturated rings. The van der Waals surface area contributed by atoms with Gasteiger partial charge in [-0.2, -0.15) is 5.26 Å². The van der Waals surface area contributed by atoms with Crippen LogP contribution in [0.25, 0.3) is 17.2 Å². The minimum absolute atomic E-state index is 0.0678. The Morgan fingerprint density at radius 3 is 2.42 bits per heavy atom. The minimum Gasteiger partial charge on any atom is -0.414 e. The number of carbonyl (C=O) groups is 1. The molecule has 134 valence electrons. The van der Waals surface area contributed by atoms with Gasteiger partial charge in [0.15, 0.2) is 5.58 Å². The first-order valence-electron chi connectivity index (χ1n) is 7.49. The molecule has 0 aliphatic heterocycles. The fourth-order valence-electron chi connectivity index (χ4n) is 2.27. The molecule has 0 spiro atoms. The Morgan fingerprint density at radius 1 is 1.27 bits per heavy atom. The van der Waals surface area contributed by atoms with E-state index in [1.165, 1.54) is 11.0 Å². The van der Waals surface area contributed by atoms with Gasteiger partial charge in [-0.3, -0.25) is 14.9 Å². The van der Waals surface area contributed by atoms with Gasteiger partial charge in [0.1, 0.15) is 11.6 Å². The quantitative estimate of drug-likeness (QED) is 0.256. The van der Waals surface area contributed by atoms with Gasteiger partial charge in [0.05, 0.1) is 4.92 Å². The highest BCUT2D eigenvalue weighted by Crippen LogP contribution is 2.27. The van der Waals surface area contributed by atoms with Crippen molar-refractivity contribution in [3.05, 3.63) is 54.2 Å². The van der Waals surface area contributed by atoms with Crippen LogP contribution in [0.5, 0.6) is 0 Å². The molecular weight excluding hydrogens is 346 g/mol. The molecule has 1 aromatic heterocycles. The normalized spacial score (nSPS) is 11.2. The largest absolute Gasteiger partial charge is 0.423 e. The molecule has 2 aromatic rings. The SMILES string of the molecule is CCN(CC)C(=O)/C(C#N)=C/c1cc([N+](=O)[O-])c2oc(=O)c(=O)oc2c1. The monoisotopic (exact) mass is 359 g/mol. The van der Waals surface area contributed by atoms with Crippen molar-refractivity contribution in [2.75, 3.05) is 13.1 Å². The van der Waals surface area contributed by atoms with Crippen molar-refractivity contribution >= 4 is 28.8 Å². The Hall–Kier alpha value is -3.74. The van der Waals surface area contributed by atoms with Crippen molar-refractivity contribution < 1.29 is 18.6 Å². The summed E-state index contributed by atoms with van der Waals surface area (Å²) in [4.78, 5) is 46.6. The first kappa shape index (κ1) is 18.6. The molecule has 0 aliphatic carbocycles. The standard InChI is InChI=1S/C16H13N3O7/c1-3-18(4-2)14(20)10(8-17)5-9-6-11(19(23)24)13-12(7-9)25-15(21)16(22)26-13/h5-7H,3-4H2,1-2H3/b10-5+. The molecule has 0 bridgehead atoms. The summed E-state index contributed by atoms with van der Waals surface area (Å²) >= 11 is 0. The van der Waals surface area contributed by atoms with E-state index in [2.05, 4.69) is 4.42 Å². The highest BCUT2D eigenvalue weighted by molar-refractivity contribution is 6.02. The summed E-state index contributed by atoms with van der Waals surface area (Å²) in [6, 6.07) is 3.93. The summed E-state index contributed by atoms with van der Waals surface area (Å²) in [5, 5.41) is 20.5. The van der Waals surface area contributed by atoms with Crippen LogP contribution in [0.2, 0.25) is 0 Å². The highest BCUT2D eigenvalue weighted by Gasteiger charge is 2.21. The van der Waals surface area contributed by atoms with Crippen molar-refractivity contribution in [1.82, 2.24) is 4.90 Å². The lowest BCUT2D eigenvalue weighted by Gasteiger charge is -2.17. The Bertz CT molecular complexity index is 1070. The van der Waals surface area contributed by atoms with Gasteiger partial charge in [-0.1, -0.05) is 0 Å². The van der Waals surface area contributed by atoms with Gasteiger partial charge >= 0.3 is 16.9 Å². The van der Waals surface area contributed by atoms with E-state index in [-0.39, 0.29) is 16.7 Å². The second-order valence-corrected chi connectivity index (χ2v) is 5.05. The summed E-state index contributed by atoms with van der Waals surface area (Å²) in [5.74, 6) is -0.540. The molecule has 1 heterocycles. The topological polar surface area (TPSA) is 148 Å². The first-order chi connectivity index (χ1) is 12.3. The lowest BCUT2D eigenvalue weighted by atomic mass is 10.1. The maximum Gasteiger partial charge on any atom is 0.423 e. The van der Waals surface area contributed by atoms with Crippen molar-refractivity contribution in [1.29, 1.82) is 5.26 Å². The number of rotatable bonds is 5. The number of nitro groups is 1. The van der Waals surface area contributed by atoms with E-state index in [9.17, 15) is 29.8 Å². The fourth-order valence-corrected chi connectivity index (χ4v) is 2.27. The van der Waals surface area contributed by atoms with Crippen LogP contribution in [0, 0.1) is 21.4 Å². The Morgan fingerprint density at radius 2 is 1.88 bits per heavy atom. The zero-order valence-electron chi connectivity index (χ0n) is 13.8. The molecule has 0 unspecified atom stereocenters. The zero-order chi connectivity index (χ0) is 19.4. The Labute approximate surface area is 145 Å².